The Hall–Kier alpha value is -3.45. The normalized spacial score (nSPS) is 11.2. The highest BCUT2D eigenvalue weighted by molar-refractivity contribution is 6.31. The second kappa shape index (κ2) is 8.24. The number of hydrogen-bond acceptors (Lipinski definition) is 3. The summed E-state index contributed by atoms with van der Waals surface area (Å²) in [5, 5.41) is 8.81. The molecule has 1 N–H and O–H groups in total. The largest absolute Gasteiger partial charge is 0.324 e. The molecule has 2 aromatic heterocycles. The van der Waals surface area contributed by atoms with E-state index in [2.05, 4.69) is 10.4 Å². The third-order valence-electron chi connectivity index (χ3n) is 5.52. The van der Waals surface area contributed by atoms with Gasteiger partial charge in [-0.05, 0) is 74.7 Å². The molecule has 8 heteroatoms. The SMILES string of the molecule is Cc1cc(F)ccc1NC(=O)Cn1c(=O)cc(C)c2c(C)nn(-c3cccc(Cl)c3C)c21. The van der Waals surface area contributed by atoms with E-state index in [-0.39, 0.29) is 17.9 Å². The number of hydrogen-bond donors (Lipinski definition) is 1. The minimum absolute atomic E-state index is 0.225. The van der Waals surface area contributed by atoms with Gasteiger partial charge in [-0.3, -0.25) is 14.2 Å². The number of carbonyl (C=O) groups excluding carboxylic acids is 1. The fraction of sp³-hybridized carbons (Fsp3) is 0.208. The molecule has 0 fully saturated rings. The number of amides is 1. The van der Waals surface area contributed by atoms with Crippen molar-refractivity contribution < 1.29 is 9.18 Å². The second-order valence-electron chi connectivity index (χ2n) is 7.84. The van der Waals surface area contributed by atoms with Crippen molar-refractivity contribution in [3.8, 4) is 5.69 Å². The van der Waals surface area contributed by atoms with Gasteiger partial charge in [0.2, 0.25) is 5.91 Å². The van der Waals surface area contributed by atoms with Crippen LogP contribution in [0.1, 0.15) is 22.4 Å². The molecule has 0 radical (unpaired) electrons. The Labute approximate surface area is 189 Å². The van der Waals surface area contributed by atoms with Gasteiger partial charge in [0.05, 0.1) is 11.4 Å². The topological polar surface area (TPSA) is 68.9 Å². The van der Waals surface area contributed by atoms with E-state index in [9.17, 15) is 14.0 Å². The smallest absolute Gasteiger partial charge is 0.252 e. The fourth-order valence-electron chi connectivity index (χ4n) is 3.91. The summed E-state index contributed by atoms with van der Waals surface area (Å²) in [4.78, 5) is 25.8. The van der Waals surface area contributed by atoms with Crippen LogP contribution in [0.25, 0.3) is 16.7 Å². The molecule has 2 heterocycles. The van der Waals surface area contributed by atoms with E-state index < -0.39 is 5.91 Å². The molecular weight excluding hydrogens is 431 g/mol. The first-order valence-corrected chi connectivity index (χ1v) is 10.5. The number of nitrogens with zero attached hydrogens (tertiary/aromatic N) is 3. The van der Waals surface area contributed by atoms with E-state index in [0.29, 0.717) is 21.9 Å². The average molecular weight is 453 g/mol. The van der Waals surface area contributed by atoms with Crippen LogP contribution in [0.15, 0.2) is 47.3 Å². The molecule has 0 aliphatic rings. The minimum Gasteiger partial charge on any atom is -0.324 e. The maximum atomic E-state index is 13.4. The standard InChI is InChI=1S/C24H22ClFN4O2/c1-13-10-17(26)8-9-19(13)27-21(31)12-29-22(32)11-14(2)23-16(4)28-30(24(23)29)20-7-5-6-18(25)15(20)3/h5-11H,12H2,1-4H3,(H,27,31). The van der Waals surface area contributed by atoms with Crippen molar-refractivity contribution >= 4 is 34.2 Å². The van der Waals surface area contributed by atoms with Gasteiger partial charge in [-0.2, -0.15) is 5.10 Å². The Kier molecular flexibility index (Phi) is 5.60. The van der Waals surface area contributed by atoms with Crippen LogP contribution in [0.5, 0.6) is 0 Å². The molecule has 32 heavy (non-hydrogen) atoms. The first-order chi connectivity index (χ1) is 15.2. The summed E-state index contributed by atoms with van der Waals surface area (Å²) >= 11 is 6.32. The molecule has 0 bridgehead atoms. The van der Waals surface area contributed by atoms with E-state index in [1.54, 1.807) is 17.7 Å². The van der Waals surface area contributed by atoms with E-state index in [4.69, 9.17) is 11.6 Å². The first-order valence-electron chi connectivity index (χ1n) is 10.1. The van der Waals surface area contributed by atoms with Crippen molar-refractivity contribution in [2.45, 2.75) is 34.2 Å². The maximum absolute atomic E-state index is 13.4. The number of benzene rings is 2. The maximum Gasteiger partial charge on any atom is 0.252 e. The van der Waals surface area contributed by atoms with Crippen molar-refractivity contribution in [3.05, 3.63) is 86.0 Å². The van der Waals surface area contributed by atoms with Crippen LogP contribution in [0.4, 0.5) is 10.1 Å². The van der Waals surface area contributed by atoms with Crippen molar-refractivity contribution in [3.63, 3.8) is 0 Å². The number of aromatic nitrogens is 3. The van der Waals surface area contributed by atoms with Gasteiger partial charge in [0.25, 0.3) is 5.56 Å². The lowest BCUT2D eigenvalue weighted by Crippen LogP contribution is -2.29. The van der Waals surface area contributed by atoms with E-state index >= 15 is 0 Å². The highest BCUT2D eigenvalue weighted by Gasteiger charge is 2.20. The Morgan fingerprint density at radius 3 is 2.56 bits per heavy atom. The summed E-state index contributed by atoms with van der Waals surface area (Å²) in [7, 11) is 0. The van der Waals surface area contributed by atoms with Crippen LogP contribution in [0.3, 0.4) is 0 Å². The molecule has 164 valence electrons. The van der Waals surface area contributed by atoms with Crippen molar-refractivity contribution in [1.82, 2.24) is 14.3 Å². The molecule has 1 amide bonds. The van der Waals surface area contributed by atoms with Crippen LogP contribution in [0.2, 0.25) is 5.02 Å². The second-order valence-corrected chi connectivity index (χ2v) is 8.25. The third-order valence-corrected chi connectivity index (χ3v) is 5.93. The number of halogens is 2. The van der Waals surface area contributed by atoms with Crippen LogP contribution >= 0.6 is 11.6 Å². The number of carbonyl (C=O) groups is 1. The van der Waals surface area contributed by atoms with Gasteiger partial charge in [0.15, 0.2) is 0 Å². The molecule has 0 spiro atoms. The first kappa shape index (κ1) is 21.8. The van der Waals surface area contributed by atoms with Gasteiger partial charge in [0.1, 0.15) is 18.0 Å². The van der Waals surface area contributed by atoms with Crippen molar-refractivity contribution in [2.24, 2.45) is 0 Å². The summed E-state index contributed by atoms with van der Waals surface area (Å²) in [6.07, 6.45) is 0. The quantitative estimate of drug-likeness (QED) is 0.481. The zero-order chi connectivity index (χ0) is 23.2. The van der Waals surface area contributed by atoms with Gasteiger partial charge in [0, 0.05) is 22.2 Å². The molecule has 0 aliphatic heterocycles. The van der Waals surface area contributed by atoms with E-state index in [1.807, 2.05) is 32.9 Å². The summed E-state index contributed by atoms with van der Waals surface area (Å²) < 4.78 is 16.5. The predicted octanol–water partition coefficient (Wildman–Crippen LogP) is 4.85. The van der Waals surface area contributed by atoms with Gasteiger partial charge in [-0.15, -0.1) is 0 Å². The molecule has 4 aromatic rings. The average Bonchev–Trinajstić information content (AvgIpc) is 3.07. The Morgan fingerprint density at radius 1 is 1.09 bits per heavy atom. The molecule has 4 rings (SSSR count). The van der Waals surface area contributed by atoms with Crippen molar-refractivity contribution in [1.29, 1.82) is 0 Å². The lowest BCUT2D eigenvalue weighted by molar-refractivity contribution is -0.116. The molecule has 0 saturated heterocycles. The van der Waals surface area contributed by atoms with Crippen LogP contribution in [-0.4, -0.2) is 20.3 Å². The highest BCUT2D eigenvalue weighted by Crippen LogP contribution is 2.28. The Bertz CT molecular complexity index is 1440. The van der Waals surface area contributed by atoms with Crippen LogP contribution in [0, 0.1) is 33.5 Å². The number of pyridine rings is 1. The summed E-state index contributed by atoms with van der Waals surface area (Å²) in [6.45, 7) is 7.07. The highest BCUT2D eigenvalue weighted by atomic mass is 35.5. The molecule has 6 nitrogen and oxygen atoms in total. The summed E-state index contributed by atoms with van der Waals surface area (Å²) in [5.74, 6) is -0.784. The van der Waals surface area contributed by atoms with Gasteiger partial charge >= 0.3 is 0 Å². The van der Waals surface area contributed by atoms with E-state index in [0.717, 1.165) is 27.9 Å². The number of rotatable bonds is 4. The van der Waals surface area contributed by atoms with Gasteiger partial charge < -0.3 is 5.32 Å². The third kappa shape index (κ3) is 3.80. The van der Waals surface area contributed by atoms with Crippen LogP contribution < -0.4 is 10.9 Å². The molecular formula is C24H22ClFN4O2. The van der Waals surface area contributed by atoms with Crippen molar-refractivity contribution in [2.75, 3.05) is 5.32 Å². The number of nitrogens with one attached hydrogen (secondary N) is 1. The lowest BCUT2D eigenvalue weighted by atomic mass is 10.1. The molecule has 0 atom stereocenters. The monoisotopic (exact) mass is 452 g/mol. The van der Waals surface area contributed by atoms with E-state index in [1.165, 1.54) is 28.8 Å². The fourth-order valence-corrected chi connectivity index (χ4v) is 4.08. The molecule has 2 aromatic carbocycles. The number of anilines is 1. The lowest BCUT2D eigenvalue weighted by Gasteiger charge is -2.14. The summed E-state index contributed by atoms with van der Waals surface area (Å²) in [5.41, 5.74) is 4.33. The van der Waals surface area contributed by atoms with Gasteiger partial charge in [-0.1, -0.05) is 17.7 Å². The Morgan fingerprint density at radius 2 is 1.84 bits per heavy atom. The Balaban J connectivity index is 1.85. The number of aryl methyl sites for hydroxylation is 3. The predicted molar refractivity (Wildman–Crippen MR) is 124 cm³/mol. The zero-order valence-electron chi connectivity index (χ0n) is 18.2. The molecule has 0 aliphatic carbocycles. The molecule has 0 unspecified atom stereocenters. The van der Waals surface area contributed by atoms with Crippen LogP contribution in [-0.2, 0) is 11.3 Å². The summed E-state index contributed by atoms with van der Waals surface area (Å²) in [6, 6.07) is 11.1. The minimum atomic E-state index is -0.403. The number of fused-ring (bicyclic) bond motifs is 1. The van der Waals surface area contributed by atoms with Gasteiger partial charge in [-0.25, -0.2) is 9.07 Å². The zero-order valence-corrected chi connectivity index (χ0v) is 18.9. The molecule has 0 saturated carbocycles.